The quantitative estimate of drug-likeness (QED) is 0.800. The van der Waals surface area contributed by atoms with Gasteiger partial charge in [-0.1, -0.05) is 18.0 Å². The highest BCUT2D eigenvalue weighted by molar-refractivity contribution is 5.92. The fourth-order valence-corrected chi connectivity index (χ4v) is 2.20. The van der Waals surface area contributed by atoms with Crippen molar-refractivity contribution in [1.82, 2.24) is 10.5 Å². The number of aryl methyl sites for hydroxylation is 1. The third-order valence-electron chi connectivity index (χ3n) is 3.18. The van der Waals surface area contributed by atoms with Gasteiger partial charge in [0.15, 0.2) is 0 Å². The summed E-state index contributed by atoms with van der Waals surface area (Å²) < 4.78 is 4.92. The molecule has 3 N–H and O–H groups in total. The van der Waals surface area contributed by atoms with Gasteiger partial charge in [0.25, 0.3) is 5.91 Å². The largest absolute Gasteiger partial charge is 0.351 e. The van der Waals surface area contributed by atoms with Crippen LogP contribution in [0.2, 0.25) is 0 Å². The molecule has 16 heavy (non-hydrogen) atoms. The highest BCUT2D eigenvalue weighted by Gasteiger charge is 2.34. The zero-order valence-electron chi connectivity index (χ0n) is 9.45. The number of nitrogens with one attached hydrogen (secondary N) is 1. The van der Waals surface area contributed by atoms with Crippen molar-refractivity contribution in [3.05, 3.63) is 17.5 Å². The van der Waals surface area contributed by atoms with Gasteiger partial charge >= 0.3 is 0 Å². The molecule has 5 heteroatoms. The Labute approximate surface area is 94.4 Å². The number of aromatic nitrogens is 1. The van der Waals surface area contributed by atoms with Crippen molar-refractivity contribution in [1.29, 1.82) is 0 Å². The maximum Gasteiger partial charge on any atom is 0.290 e. The molecular formula is C11H17N3O2. The highest BCUT2D eigenvalue weighted by Crippen LogP contribution is 2.28. The second-order valence-electron chi connectivity index (χ2n) is 4.48. The van der Waals surface area contributed by atoms with E-state index in [2.05, 4.69) is 10.5 Å². The Hall–Kier alpha value is -1.36. The zero-order valence-corrected chi connectivity index (χ0v) is 9.45. The number of nitrogens with two attached hydrogens (primary N) is 1. The first kappa shape index (κ1) is 11.1. The summed E-state index contributed by atoms with van der Waals surface area (Å²) in [5.74, 6) is 0.0465. The van der Waals surface area contributed by atoms with Gasteiger partial charge in [-0.2, -0.15) is 0 Å². The van der Waals surface area contributed by atoms with E-state index in [9.17, 15) is 4.79 Å². The summed E-state index contributed by atoms with van der Waals surface area (Å²) in [5, 5.41) is 6.67. The van der Waals surface area contributed by atoms with Gasteiger partial charge in [-0.05, 0) is 19.8 Å². The van der Waals surface area contributed by atoms with Gasteiger partial charge < -0.3 is 15.6 Å². The Morgan fingerprint density at radius 1 is 1.62 bits per heavy atom. The van der Waals surface area contributed by atoms with E-state index in [0.29, 0.717) is 12.2 Å². The van der Waals surface area contributed by atoms with Crippen LogP contribution < -0.4 is 11.1 Å². The van der Waals surface area contributed by atoms with Crippen LogP contribution in [0.4, 0.5) is 0 Å². The monoisotopic (exact) mass is 223 g/mol. The van der Waals surface area contributed by atoms with E-state index in [1.165, 1.54) is 0 Å². The number of amides is 1. The average molecular weight is 223 g/mol. The Balaban J connectivity index is 2.06. The van der Waals surface area contributed by atoms with E-state index in [-0.39, 0.29) is 17.2 Å². The first-order chi connectivity index (χ1) is 7.65. The van der Waals surface area contributed by atoms with Crippen LogP contribution in [0.25, 0.3) is 0 Å². The van der Waals surface area contributed by atoms with Crippen LogP contribution >= 0.6 is 0 Å². The molecule has 0 bridgehead atoms. The summed E-state index contributed by atoms with van der Waals surface area (Å²) in [6.45, 7) is 2.26. The van der Waals surface area contributed by atoms with Gasteiger partial charge in [0.1, 0.15) is 0 Å². The van der Waals surface area contributed by atoms with E-state index in [4.69, 9.17) is 10.3 Å². The molecule has 0 spiro atoms. The van der Waals surface area contributed by atoms with Gasteiger partial charge in [0.2, 0.25) is 5.76 Å². The molecule has 1 aliphatic rings. The van der Waals surface area contributed by atoms with Gasteiger partial charge in [-0.25, -0.2) is 0 Å². The molecule has 1 saturated carbocycles. The van der Waals surface area contributed by atoms with Gasteiger partial charge in [-0.15, -0.1) is 0 Å². The summed E-state index contributed by atoms with van der Waals surface area (Å²) in [5.41, 5.74) is 6.21. The Morgan fingerprint density at radius 3 is 2.81 bits per heavy atom. The molecule has 2 rings (SSSR count). The molecule has 1 aromatic rings. The molecule has 0 radical (unpaired) electrons. The second kappa shape index (κ2) is 4.25. The molecule has 1 aliphatic carbocycles. The molecule has 0 aromatic carbocycles. The summed E-state index contributed by atoms with van der Waals surface area (Å²) in [7, 11) is 0. The maximum atomic E-state index is 11.9. The average Bonchev–Trinajstić information content (AvgIpc) is 2.88. The Morgan fingerprint density at radius 2 is 2.31 bits per heavy atom. The normalized spacial score (nSPS) is 18.6. The Bertz CT molecular complexity index is 380. The molecule has 88 valence electrons. The molecule has 1 aromatic heterocycles. The van der Waals surface area contributed by atoms with Crippen molar-refractivity contribution in [3.63, 3.8) is 0 Å². The van der Waals surface area contributed by atoms with Crippen molar-refractivity contribution in [2.75, 3.05) is 6.54 Å². The first-order valence-electron chi connectivity index (χ1n) is 5.61. The summed E-state index contributed by atoms with van der Waals surface area (Å²) >= 11 is 0. The third kappa shape index (κ3) is 2.09. The first-order valence-corrected chi connectivity index (χ1v) is 5.61. The lowest BCUT2D eigenvalue weighted by atomic mass is 9.98. The molecule has 0 unspecified atom stereocenters. The number of carbonyl (C=O) groups is 1. The second-order valence-corrected chi connectivity index (χ2v) is 4.48. The highest BCUT2D eigenvalue weighted by atomic mass is 16.5. The number of hydrogen-bond acceptors (Lipinski definition) is 4. The van der Waals surface area contributed by atoms with E-state index in [1.807, 2.05) is 0 Å². The van der Waals surface area contributed by atoms with Crippen LogP contribution in [0.3, 0.4) is 0 Å². The summed E-state index contributed by atoms with van der Waals surface area (Å²) in [6.07, 6.45) is 4.13. The van der Waals surface area contributed by atoms with Crippen molar-refractivity contribution >= 4 is 5.91 Å². The summed E-state index contributed by atoms with van der Waals surface area (Å²) in [6, 6.07) is 1.63. The van der Waals surface area contributed by atoms with Gasteiger partial charge in [-0.3, -0.25) is 4.79 Å². The topological polar surface area (TPSA) is 81.2 Å². The predicted molar refractivity (Wildman–Crippen MR) is 59.0 cm³/mol. The minimum absolute atomic E-state index is 0.215. The predicted octanol–water partition coefficient (Wildman–Crippen LogP) is 0.984. The van der Waals surface area contributed by atoms with Gasteiger partial charge in [0.05, 0.1) is 11.2 Å². The minimum Gasteiger partial charge on any atom is -0.351 e. The van der Waals surface area contributed by atoms with Crippen molar-refractivity contribution in [3.8, 4) is 0 Å². The molecule has 0 aliphatic heterocycles. The lowest BCUT2D eigenvalue weighted by molar-refractivity contribution is 0.0865. The Kier molecular flexibility index (Phi) is 2.96. The number of nitrogens with zero attached hydrogens (tertiary/aromatic N) is 1. The minimum atomic E-state index is -0.238. The van der Waals surface area contributed by atoms with Crippen molar-refractivity contribution < 1.29 is 9.32 Å². The molecule has 0 saturated heterocycles. The van der Waals surface area contributed by atoms with Crippen LogP contribution in [0.15, 0.2) is 10.6 Å². The third-order valence-corrected chi connectivity index (χ3v) is 3.18. The van der Waals surface area contributed by atoms with Crippen LogP contribution in [-0.2, 0) is 0 Å². The molecule has 1 heterocycles. The van der Waals surface area contributed by atoms with E-state index in [1.54, 1.807) is 13.0 Å². The fourth-order valence-electron chi connectivity index (χ4n) is 2.20. The molecular weight excluding hydrogens is 206 g/mol. The summed E-state index contributed by atoms with van der Waals surface area (Å²) in [4.78, 5) is 11.9. The SMILES string of the molecule is Cc1cc(C(=O)NC2(CN)CCCC2)on1. The number of carbonyl (C=O) groups excluding carboxylic acids is 1. The maximum absolute atomic E-state index is 11.9. The lowest BCUT2D eigenvalue weighted by Gasteiger charge is -2.27. The van der Waals surface area contributed by atoms with Crippen LogP contribution in [0.1, 0.15) is 41.9 Å². The fraction of sp³-hybridized carbons (Fsp3) is 0.636. The number of rotatable bonds is 3. The van der Waals surface area contributed by atoms with Crippen LogP contribution in [0, 0.1) is 6.92 Å². The van der Waals surface area contributed by atoms with Crippen LogP contribution in [0.5, 0.6) is 0 Å². The molecule has 1 amide bonds. The lowest BCUT2D eigenvalue weighted by Crippen LogP contribution is -2.51. The zero-order chi connectivity index (χ0) is 11.6. The van der Waals surface area contributed by atoms with Crippen molar-refractivity contribution in [2.24, 2.45) is 5.73 Å². The smallest absolute Gasteiger partial charge is 0.290 e. The van der Waals surface area contributed by atoms with E-state index < -0.39 is 0 Å². The van der Waals surface area contributed by atoms with E-state index in [0.717, 1.165) is 25.7 Å². The van der Waals surface area contributed by atoms with Gasteiger partial charge in [0, 0.05) is 12.6 Å². The van der Waals surface area contributed by atoms with E-state index >= 15 is 0 Å². The van der Waals surface area contributed by atoms with Crippen molar-refractivity contribution in [2.45, 2.75) is 38.1 Å². The standard InChI is InChI=1S/C11H17N3O2/c1-8-6-9(16-14-8)10(15)13-11(7-12)4-2-3-5-11/h6H,2-5,7,12H2,1H3,(H,13,15). The van der Waals surface area contributed by atoms with Crippen LogP contribution in [-0.4, -0.2) is 23.1 Å². The number of hydrogen-bond donors (Lipinski definition) is 2. The molecule has 1 fully saturated rings. The molecule has 5 nitrogen and oxygen atoms in total. The molecule has 0 atom stereocenters.